The SMILES string of the molecule is COc1nc(-c2ccnc(-c3cccc(Nc4nccc(CNC5CCN(C(C)=O)CC5)c4F)c3Cl)c2Cl)ccc1CNC[C@H](C)O. The molecule has 1 atom stereocenters. The molecule has 0 unspecified atom stereocenters. The number of anilines is 2. The monoisotopic (exact) mass is 681 g/mol. The Morgan fingerprint density at radius 2 is 1.81 bits per heavy atom. The van der Waals surface area contributed by atoms with Crippen molar-refractivity contribution in [2.75, 3.05) is 32.1 Å². The van der Waals surface area contributed by atoms with E-state index in [9.17, 15) is 9.90 Å². The average molecular weight is 683 g/mol. The number of likely N-dealkylation sites (tertiary alicyclic amines) is 1. The van der Waals surface area contributed by atoms with Crippen LogP contribution in [0.3, 0.4) is 0 Å². The first-order valence-electron chi connectivity index (χ1n) is 15.4. The van der Waals surface area contributed by atoms with Gasteiger partial charge in [0.05, 0.1) is 40.3 Å². The summed E-state index contributed by atoms with van der Waals surface area (Å²) in [5.41, 5.74) is 3.94. The van der Waals surface area contributed by atoms with Crippen molar-refractivity contribution < 1.29 is 19.0 Å². The summed E-state index contributed by atoms with van der Waals surface area (Å²) in [6.07, 6.45) is 4.33. The Morgan fingerprint density at radius 1 is 1.04 bits per heavy atom. The van der Waals surface area contributed by atoms with Gasteiger partial charge in [-0.25, -0.2) is 14.4 Å². The first-order chi connectivity index (χ1) is 22.7. The summed E-state index contributed by atoms with van der Waals surface area (Å²) >= 11 is 13.8. The van der Waals surface area contributed by atoms with Crippen molar-refractivity contribution in [3.05, 3.63) is 81.8 Å². The number of methoxy groups -OCH3 is 1. The lowest BCUT2D eigenvalue weighted by molar-refractivity contribution is -0.129. The second kappa shape index (κ2) is 15.8. The summed E-state index contributed by atoms with van der Waals surface area (Å²) in [5.74, 6) is 0.0754. The Morgan fingerprint density at radius 3 is 2.53 bits per heavy atom. The highest BCUT2D eigenvalue weighted by Gasteiger charge is 2.22. The van der Waals surface area contributed by atoms with Crippen LogP contribution in [0.5, 0.6) is 5.88 Å². The molecule has 0 aliphatic carbocycles. The first-order valence-corrected chi connectivity index (χ1v) is 16.2. The molecule has 4 aromatic rings. The molecule has 0 saturated carbocycles. The van der Waals surface area contributed by atoms with E-state index in [1.165, 1.54) is 0 Å². The van der Waals surface area contributed by atoms with Crippen LogP contribution in [-0.2, 0) is 17.9 Å². The summed E-state index contributed by atoms with van der Waals surface area (Å²) in [4.78, 5) is 26.9. The lowest BCUT2D eigenvalue weighted by Gasteiger charge is -2.31. The van der Waals surface area contributed by atoms with Crippen LogP contribution in [0.25, 0.3) is 22.5 Å². The molecule has 10 nitrogen and oxygen atoms in total. The van der Waals surface area contributed by atoms with Crippen LogP contribution in [0.1, 0.15) is 37.8 Å². The molecule has 4 N–H and O–H groups in total. The van der Waals surface area contributed by atoms with Gasteiger partial charge in [0.25, 0.3) is 0 Å². The van der Waals surface area contributed by atoms with Gasteiger partial charge in [-0.2, -0.15) is 0 Å². The first kappa shape index (κ1) is 34.5. The minimum atomic E-state index is -0.481. The Bertz CT molecular complexity index is 1720. The number of aromatic nitrogens is 3. The molecule has 1 aromatic carbocycles. The molecular formula is C34H38Cl2FN7O3. The van der Waals surface area contributed by atoms with Crippen LogP contribution in [0.15, 0.2) is 54.9 Å². The highest BCUT2D eigenvalue weighted by molar-refractivity contribution is 6.39. The maximum absolute atomic E-state index is 15.6. The molecule has 1 aliphatic rings. The molecule has 1 amide bonds. The number of carbonyl (C=O) groups excluding carboxylic acids is 1. The fourth-order valence-corrected chi connectivity index (χ4v) is 6.05. The summed E-state index contributed by atoms with van der Waals surface area (Å²) in [7, 11) is 1.55. The van der Waals surface area contributed by atoms with Gasteiger partial charge in [-0.1, -0.05) is 41.4 Å². The number of pyridine rings is 3. The smallest absolute Gasteiger partial charge is 0.219 e. The lowest BCUT2D eigenvalue weighted by atomic mass is 10.0. The molecule has 4 heterocycles. The molecule has 3 aromatic heterocycles. The second-order valence-corrected chi connectivity index (χ2v) is 12.2. The van der Waals surface area contributed by atoms with Gasteiger partial charge in [-0.05, 0) is 44.0 Å². The van der Waals surface area contributed by atoms with Crippen LogP contribution < -0.4 is 20.7 Å². The van der Waals surface area contributed by atoms with Crippen molar-refractivity contribution in [1.29, 1.82) is 0 Å². The van der Waals surface area contributed by atoms with Gasteiger partial charge in [0.2, 0.25) is 11.8 Å². The number of carbonyl (C=O) groups is 1. The molecule has 0 radical (unpaired) electrons. The van der Waals surface area contributed by atoms with Gasteiger partial charge < -0.3 is 30.7 Å². The highest BCUT2D eigenvalue weighted by atomic mass is 35.5. The van der Waals surface area contributed by atoms with E-state index in [4.69, 9.17) is 27.9 Å². The minimum absolute atomic E-state index is 0.0434. The third-order valence-electron chi connectivity index (χ3n) is 8.05. The van der Waals surface area contributed by atoms with Crippen LogP contribution in [0, 0.1) is 5.82 Å². The molecule has 1 saturated heterocycles. The fourth-order valence-electron chi connectivity index (χ4n) is 5.47. The van der Waals surface area contributed by atoms with E-state index in [2.05, 4.69) is 30.9 Å². The van der Waals surface area contributed by atoms with Crippen molar-refractivity contribution in [2.45, 2.75) is 51.9 Å². The number of nitrogens with zero attached hydrogens (tertiary/aromatic N) is 4. The van der Waals surface area contributed by atoms with E-state index in [1.807, 2.05) is 17.0 Å². The summed E-state index contributed by atoms with van der Waals surface area (Å²) in [6, 6.07) is 12.6. The third-order valence-corrected chi connectivity index (χ3v) is 8.84. The third kappa shape index (κ3) is 8.35. The largest absolute Gasteiger partial charge is 0.481 e. The number of rotatable bonds is 12. The van der Waals surface area contributed by atoms with Crippen LogP contribution >= 0.6 is 23.2 Å². The number of hydrogen-bond acceptors (Lipinski definition) is 9. The fraction of sp³-hybridized carbons (Fsp3) is 0.353. The number of hydrogen-bond donors (Lipinski definition) is 4. The topological polar surface area (TPSA) is 125 Å². The highest BCUT2D eigenvalue weighted by Crippen LogP contribution is 2.41. The number of amides is 1. The number of benzene rings is 1. The van der Waals surface area contributed by atoms with Crippen molar-refractivity contribution in [2.24, 2.45) is 0 Å². The predicted molar refractivity (Wildman–Crippen MR) is 182 cm³/mol. The van der Waals surface area contributed by atoms with Crippen molar-refractivity contribution in [1.82, 2.24) is 30.5 Å². The van der Waals surface area contributed by atoms with Gasteiger partial charge in [0, 0.05) is 80.3 Å². The maximum atomic E-state index is 15.6. The quantitative estimate of drug-likeness (QED) is 0.143. The summed E-state index contributed by atoms with van der Waals surface area (Å²) in [5, 5.41) is 19.8. The molecule has 47 heavy (non-hydrogen) atoms. The Labute approximate surface area is 283 Å². The molecular weight excluding hydrogens is 644 g/mol. The number of halogens is 3. The van der Waals surface area contributed by atoms with E-state index in [1.54, 1.807) is 63.7 Å². The Balaban J connectivity index is 1.34. The maximum Gasteiger partial charge on any atom is 0.219 e. The van der Waals surface area contributed by atoms with Gasteiger partial charge in [0.1, 0.15) is 0 Å². The number of aliphatic hydroxyl groups is 1. The standard InChI is InChI=1S/C34H38Cl2FN7O3/c1-20(45)17-38-18-23-7-8-27(43-34(23)47-3)25-10-14-39-32(30(25)36)26-5-4-6-28(29(26)35)42-33-31(37)22(9-13-40-33)19-41-24-11-15-44(16-12-24)21(2)46/h4-10,13-14,20,24,38,41,45H,11-12,15-19H2,1-3H3,(H,40,42)/t20-/m0/s1. The lowest BCUT2D eigenvalue weighted by Crippen LogP contribution is -2.44. The molecule has 1 aliphatic heterocycles. The van der Waals surface area contributed by atoms with E-state index < -0.39 is 11.9 Å². The number of aliphatic hydroxyl groups excluding tert-OH is 1. The normalized spacial score (nSPS) is 14.2. The van der Waals surface area contributed by atoms with Gasteiger partial charge in [-0.3, -0.25) is 9.78 Å². The Hall–Kier alpha value is -3.87. The molecule has 5 rings (SSSR count). The van der Waals surface area contributed by atoms with Crippen molar-refractivity contribution in [3.63, 3.8) is 0 Å². The van der Waals surface area contributed by atoms with E-state index >= 15 is 4.39 Å². The van der Waals surface area contributed by atoms with Crippen LogP contribution in [-0.4, -0.2) is 69.8 Å². The molecule has 13 heteroatoms. The van der Waals surface area contributed by atoms with Crippen LogP contribution in [0.2, 0.25) is 10.0 Å². The second-order valence-electron chi connectivity index (χ2n) is 11.5. The molecule has 248 valence electrons. The predicted octanol–water partition coefficient (Wildman–Crippen LogP) is 5.97. The molecule has 0 bridgehead atoms. The minimum Gasteiger partial charge on any atom is -0.481 e. The zero-order valence-corrected chi connectivity index (χ0v) is 28.0. The van der Waals surface area contributed by atoms with Gasteiger partial charge in [-0.15, -0.1) is 0 Å². The van der Waals surface area contributed by atoms with Gasteiger partial charge >= 0.3 is 0 Å². The van der Waals surface area contributed by atoms with Crippen molar-refractivity contribution >= 4 is 40.6 Å². The number of ether oxygens (including phenoxy) is 1. The van der Waals surface area contributed by atoms with E-state index in [0.717, 1.165) is 18.4 Å². The number of nitrogens with one attached hydrogen (secondary N) is 3. The summed E-state index contributed by atoms with van der Waals surface area (Å²) in [6.45, 7) is 5.91. The summed E-state index contributed by atoms with van der Waals surface area (Å²) < 4.78 is 21.1. The number of piperidine rings is 1. The average Bonchev–Trinajstić information content (AvgIpc) is 3.06. The van der Waals surface area contributed by atoms with E-state index in [-0.39, 0.29) is 17.8 Å². The zero-order chi connectivity index (χ0) is 33.5. The van der Waals surface area contributed by atoms with Gasteiger partial charge in [0.15, 0.2) is 11.6 Å². The van der Waals surface area contributed by atoms with Crippen LogP contribution in [0.4, 0.5) is 15.9 Å². The molecule has 0 spiro atoms. The van der Waals surface area contributed by atoms with Crippen molar-refractivity contribution in [3.8, 4) is 28.4 Å². The zero-order valence-electron chi connectivity index (χ0n) is 26.5. The molecule has 1 fully saturated rings. The van der Waals surface area contributed by atoms with E-state index in [0.29, 0.717) is 82.4 Å². The Kier molecular flexibility index (Phi) is 11.6.